The van der Waals surface area contributed by atoms with E-state index in [1.165, 1.54) is 14.2 Å². The third-order valence-corrected chi connectivity index (χ3v) is 3.74. The summed E-state index contributed by atoms with van der Waals surface area (Å²) < 4.78 is 11.1. The molecule has 2 aromatic rings. The maximum atomic E-state index is 12.3. The predicted molar refractivity (Wildman–Crippen MR) is 83.2 cm³/mol. The van der Waals surface area contributed by atoms with Gasteiger partial charge in [-0.15, -0.1) is 0 Å². The first-order chi connectivity index (χ1) is 10.1. The minimum absolute atomic E-state index is 0.284. The quantitative estimate of drug-likeness (QED) is 0.866. The Bertz CT molecular complexity index is 630. The van der Waals surface area contributed by atoms with Gasteiger partial charge in [-0.1, -0.05) is 6.92 Å². The molecule has 1 amide bonds. The number of anilines is 1. The number of nitrogens with one attached hydrogen (secondary N) is 2. The number of carbonyl (C=O) groups is 1. The van der Waals surface area contributed by atoms with Crippen molar-refractivity contribution in [2.24, 2.45) is 0 Å². The predicted octanol–water partition coefficient (Wildman–Crippen LogP) is 3.00. The van der Waals surface area contributed by atoms with E-state index >= 15 is 0 Å². The van der Waals surface area contributed by atoms with Crippen LogP contribution in [-0.2, 0) is 6.42 Å². The maximum Gasteiger partial charge on any atom is 0.257 e. The van der Waals surface area contributed by atoms with E-state index < -0.39 is 0 Å². The average molecular weight is 354 g/mol. The number of methoxy groups -OCH3 is 2. The molecular weight excluding hydrogens is 338 g/mol. The summed E-state index contributed by atoms with van der Waals surface area (Å²) in [6, 6.07) is 5.07. The summed E-state index contributed by atoms with van der Waals surface area (Å²) in [5, 5.41) is 9.60. The zero-order chi connectivity index (χ0) is 15.4. The molecule has 0 atom stereocenters. The smallest absolute Gasteiger partial charge is 0.257 e. The highest BCUT2D eigenvalue weighted by molar-refractivity contribution is 9.10. The Hall–Kier alpha value is -2.02. The fraction of sp³-hybridized carbons (Fsp3) is 0.286. The standard InChI is InChI=1S/C14H16BrN3O3/c1-4-9-7-12(18-17-9)16-14(19)8-5-10(20-2)13(15)11(6-8)21-3/h5-7H,4H2,1-3H3,(H2,16,17,18,19). The second kappa shape index (κ2) is 6.62. The van der Waals surface area contributed by atoms with E-state index in [1.54, 1.807) is 18.2 Å². The van der Waals surface area contributed by atoms with Crippen LogP contribution in [0, 0.1) is 0 Å². The molecular formula is C14H16BrN3O3. The SMILES string of the molecule is CCc1cc(NC(=O)c2cc(OC)c(Br)c(OC)c2)n[nH]1. The first kappa shape index (κ1) is 15.4. The van der Waals surface area contributed by atoms with Crippen LogP contribution >= 0.6 is 15.9 Å². The van der Waals surface area contributed by atoms with Crippen molar-refractivity contribution in [2.45, 2.75) is 13.3 Å². The molecule has 2 rings (SSSR count). The molecule has 0 radical (unpaired) electrons. The highest BCUT2D eigenvalue weighted by Gasteiger charge is 2.15. The number of amides is 1. The summed E-state index contributed by atoms with van der Waals surface area (Å²) in [6.45, 7) is 2.00. The number of aromatic nitrogens is 2. The third kappa shape index (κ3) is 3.36. The van der Waals surface area contributed by atoms with Gasteiger partial charge in [0.05, 0.1) is 14.2 Å². The van der Waals surface area contributed by atoms with Gasteiger partial charge in [0, 0.05) is 17.3 Å². The van der Waals surface area contributed by atoms with E-state index in [1.807, 2.05) is 6.92 Å². The summed E-state index contributed by atoms with van der Waals surface area (Å²) in [4.78, 5) is 12.3. The van der Waals surface area contributed by atoms with Gasteiger partial charge in [0.25, 0.3) is 5.91 Å². The number of hydrogen-bond donors (Lipinski definition) is 2. The lowest BCUT2D eigenvalue weighted by Gasteiger charge is -2.11. The van der Waals surface area contributed by atoms with E-state index in [0.29, 0.717) is 27.4 Å². The molecule has 0 aliphatic heterocycles. The third-order valence-electron chi connectivity index (χ3n) is 2.96. The van der Waals surface area contributed by atoms with Gasteiger partial charge in [-0.3, -0.25) is 9.89 Å². The number of aromatic amines is 1. The topological polar surface area (TPSA) is 76.2 Å². The van der Waals surface area contributed by atoms with Gasteiger partial charge in [-0.2, -0.15) is 5.10 Å². The van der Waals surface area contributed by atoms with Gasteiger partial charge in [-0.25, -0.2) is 0 Å². The minimum atomic E-state index is -0.284. The molecule has 0 fully saturated rings. The molecule has 1 aromatic heterocycles. The molecule has 2 N–H and O–H groups in total. The summed E-state index contributed by atoms with van der Waals surface area (Å²) in [7, 11) is 3.06. The highest BCUT2D eigenvalue weighted by atomic mass is 79.9. The Morgan fingerprint density at radius 2 is 1.90 bits per heavy atom. The van der Waals surface area contributed by atoms with Crippen LogP contribution in [-0.4, -0.2) is 30.3 Å². The molecule has 0 spiro atoms. The molecule has 6 nitrogen and oxygen atoms in total. The monoisotopic (exact) mass is 353 g/mol. The Morgan fingerprint density at radius 1 is 1.29 bits per heavy atom. The number of nitrogens with zero attached hydrogens (tertiary/aromatic N) is 1. The van der Waals surface area contributed by atoms with Crippen molar-refractivity contribution in [1.29, 1.82) is 0 Å². The number of H-pyrrole nitrogens is 1. The molecule has 0 aliphatic rings. The second-order valence-electron chi connectivity index (χ2n) is 4.28. The van der Waals surface area contributed by atoms with Gasteiger partial charge < -0.3 is 14.8 Å². The summed E-state index contributed by atoms with van der Waals surface area (Å²) >= 11 is 3.37. The number of rotatable bonds is 5. The van der Waals surface area contributed by atoms with Crippen molar-refractivity contribution < 1.29 is 14.3 Å². The molecule has 1 aromatic carbocycles. The normalized spacial score (nSPS) is 10.3. The van der Waals surface area contributed by atoms with Crippen LogP contribution in [0.1, 0.15) is 23.0 Å². The fourth-order valence-corrected chi connectivity index (χ4v) is 2.35. The molecule has 7 heteroatoms. The summed E-state index contributed by atoms with van der Waals surface area (Å²) in [5.41, 5.74) is 1.38. The van der Waals surface area contributed by atoms with E-state index in [9.17, 15) is 4.79 Å². The lowest BCUT2D eigenvalue weighted by Crippen LogP contribution is -2.12. The molecule has 0 unspecified atom stereocenters. The van der Waals surface area contributed by atoms with Crippen LogP contribution < -0.4 is 14.8 Å². The number of halogens is 1. The van der Waals surface area contributed by atoms with Gasteiger partial charge >= 0.3 is 0 Å². The van der Waals surface area contributed by atoms with Crippen molar-refractivity contribution in [3.63, 3.8) is 0 Å². The number of benzene rings is 1. The minimum Gasteiger partial charge on any atom is -0.495 e. The fourth-order valence-electron chi connectivity index (χ4n) is 1.80. The van der Waals surface area contributed by atoms with E-state index in [4.69, 9.17) is 9.47 Å². The van der Waals surface area contributed by atoms with Crippen LogP contribution in [0.3, 0.4) is 0 Å². The number of hydrogen-bond acceptors (Lipinski definition) is 4. The highest BCUT2D eigenvalue weighted by Crippen LogP contribution is 2.35. The zero-order valence-electron chi connectivity index (χ0n) is 12.0. The van der Waals surface area contributed by atoms with Crippen molar-refractivity contribution in [3.8, 4) is 11.5 Å². The molecule has 0 saturated carbocycles. The van der Waals surface area contributed by atoms with Crippen molar-refractivity contribution in [1.82, 2.24) is 10.2 Å². The Morgan fingerprint density at radius 3 is 2.38 bits per heavy atom. The van der Waals surface area contributed by atoms with Crippen LogP contribution in [0.5, 0.6) is 11.5 Å². The number of ether oxygens (including phenoxy) is 2. The van der Waals surface area contributed by atoms with Gasteiger partial charge in [0.2, 0.25) is 0 Å². The largest absolute Gasteiger partial charge is 0.495 e. The molecule has 1 heterocycles. The molecule has 112 valence electrons. The summed E-state index contributed by atoms with van der Waals surface area (Å²) in [5.74, 6) is 1.25. The average Bonchev–Trinajstić information content (AvgIpc) is 2.95. The van der Waals surface area contributed by atoms with E-state index in [-0.39, 0.29) is 5.91 Å². The second-order valence-corrected chi connectivity index (χ2v) is 5.07. The first-order valence-corrected chi connectivity index (χ1v) is 7.15. The number of carbonyl (C=O) groups excluding carboxylic acids is 1. The van der Waals surface area contributed by atoms with Crippen molar-refractivity contribution in [2.75, 3.05) is 19.5 Å². The van der Waals surface area contributed by atoms with Gasteiger partial charge in [-0.05, 0) is 34.5 Å². The van der Waals surface area contributed by atoms with Crippen LogP contribution in [0.25, 0.3) is 0 Å². The Balaban J connectivity index is 2.26. The molecule has 21 heavy (non-hydrogen) atoms. The lowest BCUT2D eigenvalue weighted by atomic mass is 10.2. The zero-order valence-corrected chi connectivity index (χ0v) is 13.6. The van der Waals surface area contributed by atoms with Crippen molar-refractivity contribution in [3.05, 3.63) is 33.9 Å². The van der Waals surface area contributed by atoms with E-state index in [2.05, 4.69) is 31.4 Å². The number of aryl methyl sites for hydroxylation is 1. The van der Waals surface area contributed by atoms with Crippen LogP contribution in [0.4, 0.5) is 5.82 Å². The Kier molecular flexibility index (Phi) is 4.85. The maximum absolute atomic E-state index is 12.3. The van der Waals surface area contributed by atoms with Crippen LogP contribution in [0.2, 0.25) is 0 Å². The lowest BCUT2D eigenvalue weighted by molar-refractivity contribution is 0.102. The van der Waals surface area contributed by atoms with Crippen molar-refractivity contribution >= 4 is 27.7 Å². The first-order valence-electron chi connectivity index (χ1n) is 6.36. The Labute approximate surface area is 131 Å². The molecule has 0 saturated heterocycles. The van der Waals surface area contributed by atoms with Gasteiger partial charge in [0.15, 0.2) is 5.82 Å². The molecule has 0 bridgehead atoms. The molecule has 0 aliphatic carbocycles. The van der Waals surface area contributed by atoms with E-state index in [0.717, 1.165) is 12.1 Å². The van der Waals surface area contributed by atoms with Crippen LogP contribution in [0.15, 0.2) is 22.7 Å². The summed E-state index contributed by atoms with van der Waals surface area (Å²) in [6.07, 6.45) is 0.822. The van der Waals surface area contributed by atoms with Gasteiger partial charge in [0.1, 0.15) is 16.0 Å².